The van der Waals surface area contributed by atoms with Gasteiger partial charge in [-0.3, -0.25) is 0 Å². The first kappa shape index (κ1) is 16.9. The van der Waals surface area contributed by atoms with Crippen LogP contribution in [0.5, 0.6) is 0 Å². The average molecular weight is 360 g/mol. The summed E-state index contributed by atoms with van der Waals surface area (Å²) >= 11 is 3.54. The van der Waals surface area contributed by atoms with Crippen LogP contribution in [0.15, 0.2) is 22.7 Å². The molecule has 118 valence electrons. The Labute approximate surface area is 134 Å². The van der Waals surface area contributed by atoms with Crippen molar-refractivity contribution in [2.75, 3.05) is 40.0 Å². The van der Waals surface area contributed by atoms with Gasteiger partial charge in [-0.05, 0) is 48.4 Å². The van der Waals surface area contributed by atoms with E-state index in [2.05, 4.69) is 21.2 Å². The second-order valence-electron chi connectivity index (χ2n) is 5.69. The smallest absolute Gasteiger partial charge is 0.123 e. The quantitative estimate of drug-likeness (QED) is 0.758. The first-order valence-corrected chi connectivity index (χ1v) is 8.16. The van der Waals surface area contributed by atoms with E-state index in [4.69, 9.17) is 9.47 Å². The molecule has 1 aliphatic rings. The van der Waals surface area contributed by atoms with E-state index in [1.807, 2.05) is 0 Å². The summed E-state index contributed by atoms with van der Waals surface area (Å²) in [6.07, 6.45) is 2.85. The molecule has 0 amide bonds. The molecular formula is C16H23BrFNO2. The zero-order chi connectivity index (χ0) is 15.1. The number of hydrogen-bond donors (Lipinski definition) is 1. The van der Waals surface area contributed by atoms with Gasteiger partial charge in [-0.2, -0.15) is 0 Å². The highest BCUT2D eigenvalue weighted by Gasteiger charge is 2.33. The molecule has 1 aromatic carbocycles. The number of hydrogen-bond acceptors (Lipinski definition) is 3. The summed E-state index contributed by atoms with van der Waals surface area (Å²) in [6.45, 7) is 4.00. The van der Waals surface area contributed by atoms with Crippen LogP contribution >= 0.6 is 15.9 Å². The molecule has 0 atom stereocenters. The molecule has 0 aromatic heterocycles. The zero-order valence-corrected chi connectivity index (χ0v) is 14.0. The lowest BCUT2D eigenvalue weighted by molar-refractivity contribution is 0.0142. The monoisotopic (exact) mass is 359 g/mol. The first-order valence-electron chi connectivity index (χ1n) is 7.37. The van der Waals surface area contributed by atoms with Gasteiger partial charge in [-0.25, -0.2) is 4.39 Å². The third-order valence-corrected chi connectivity index (χ3v) is 4.88. The highest BCUT2D eigenvalue weighted by Crippen LogP contribution is 2.36. The van der Waals surface area contributed by atoms with E-state index < -0.39 is 0 Å². The Morgan fingerprint density at radius 1 is 1.38 bits per heavy atom. The topological polar surface area (TPSA) is 30.5 Å². The maximum Gasteiger partial charge on any atom is 0.123 e. The average Bonchev–Trinajstić information content (AvgIpc) is 2.49. The lowest BCUT2D eigenvalue weighted by atomic mass is 9.75. The normalized spacial score (nSPS) is 17.9. The molecule has 21 heavy (non-hydrogen) atoms. The molecule has 0 spiro atoms. The summed E-state index contributed by atoms with van der Waals surface area (Å²) in [4.78, 5) is 0. The molecule has 0 radical (unpaired) electrons. The largest absolute Gasteiger partial charge is 0.383 e. The number of rotatable bonds is 7. The Bertz CT molecular complexity index is 450. The molecule has 2 rings (SSSR count). The van der Waals surface area contributed by atoms with Gasteiger partial charge in [-0.1, -0.05) is 15.9 Å². The minimum absolute atomic E-state index is 0.127. The van der Waals surface area contributed by atoms with Crippen molar-refractivity contribution in [3.63, 3.8) is 0 Å². The van der Waals surface area contributed by atoms with Crippen LogP contribution in [0.4, 0.5) is 4.39 Å². The molecule has 1 fully saturated rings. The van der Waals surface area contributed by atoms with Crippen molar-refractivity contribution < 1.29 is 13.9 Å². The summed E-state index contributed by atoms with van der Waals surface area (Å²) in [5, 5.41) is 3.46. The molecule has 0 bridgehead atoms. The fourth-order valence-electron chi connectivity index (χ4n) is 2.83. The lowest BCUT2D eigenvalue weighted by Gasteiger charge is -2.38. The molecule has 5 heteroatoms. The van der Waals surface area contributed by atoms with Crippen molar-refractivity contribution in [1.82, 2.24) is 5.32 Å². The van der Waals surface area contributed by atoms with E-state index in [0.717, 1.165) is 55.6 Å². The summed E-state index contributed by atoms with van der Waals surface area (Å²) in [6, 6.07) is 4.91. The van der Waals surface area contributed by atoms with Gasteiger partial charge in [0.05, 0.1) is 6.61 Å². The van der Waals surface area contributed by atoms with Crippen molar-refractivity contribution in [3.8, 4) is 0 Å². The molecule has 1 N–H and O–H groups in total. The van der Waals surface area contributed by atoms with Crippen LogP contribution < -0.4 is 5.32 Å². The van der Waals surface area contributed by atoms with E-state index in [-0.39, 0.29) is 11.2 Å². The van der Waals surface area contributed by atoms with Gasteiger partial charge in [0.25, 0.3) is 0 Å². The van der Waals surface area contributed by atoms with Crippen LogP contribution in [0, 0.1) is 11.2 Å². The predicted molar refractivity (Wildman–Crippen MR) is 85.0 cm³/mol. The number of benzene rings is 1. The summed E-state index contributed by atoms with van der Waals surface area (Å²) < 4.78 is 25.1. The van der Waals surface area contributed by atoms with Crippen LogP contribution in [-0.4, -0.2) is 40.0 Å². The summed E-state index contributed by atoms with van der Waals surface area (Å²) in [5.74, 6) is -0.178. The molecule has 0 unspecified atom stereocenters. The van der Waals surface area contributed by atoms with Crippen molar-refractivity contribution >= 4 is 15.9 Å². The Kier molecular flexibility index (Phi) is 6.61. The van der Waals surface area contributed by atoms with Crippen LogP contribution in [0.3, 0.4) is 0 Å². The lowest BCUT2D eigenvalue weighted by Crippen LogP contribution is -2.41. The van der Waals surface area contributed by atoms with Gasteiger partial charge in [-0.15, -0.1) is 0 Å². The van der Waals surface area contributed by atoms with E-state index in [1.54, 1.807) is 19.2 Å². The van der Waals surface area contributed by atoms with Crippen molar-refractivity contribution in [2.24, 2.45) is 5.41 Å². The fraction of sp³-hybridized carbons (Fsp3) is 0.625. The second-order valence-corrected chi connectivity index (χ2v) is 6.55. The van der Waals surface area contributed by atoms with E-state index >= 15 is 0 Å². The number of halogens is 2. The van der Waals surface area contributed by atoms with Crippen LogP contribution in [0.25, 0.3) is 0 Å². The Hall–Kier alpha value is -0.490. The predicted octanol–water partition coefficient (Wildman–Crippen LogP) is 3.16. The molecule has 0 aliphatic carbocycles. The van der Waals surface area contributed by atoms with Crippen LogP contribution in [0.2, 0.25) is 0 Å². The summed E-state index contributed by atoms with van der Waals surface area (Å²) in [7, 11) is 1.70. The molecular weight excluding hydrogens is 337 g/mol. The SMILES string of the molecule is COCCNCC1(Cc2cc(F)ccc2Br)CCOCC1. The highest BCUT2D eigenvalue weighted by atomic mass is 79.9. The third-order valence-electron chi connectivity index (χ3n) is 4.11. The van der Waals surface area contributed by atoms with Gasteiger partial charge in [0.1, 0.15) is 5.82 Å². The summed E-state index contributed by atoms with van der Waals surface area (Å²) in [5.41, 5.74) is 1.16. The first-order chi connectivity index (χ1) is 10.2. The maximum absolute atomic E-state index is 13.5. The number of methoxy groups -OCH3 is 1. The van der Waals surface area contributed by atoms with E-state index in [0.29, 0.717) is 6.61 Å². The second kappa shape index (κ2) is 8.22. The minimum atomic E-state index is -0.178. The number of nitrogens with one attached hydrogen (secondary N) is 1. The van der Waals surface area contributed by atoms with Crippen molar-refractivity contribution in [1.29, 1.82) is 0 Å². The van der Waals surface area contributed by atoms with Crippen LogP contribution in [0.1, 0.15) is 18.4 Å². The molecule has 0 saturated carbocycles. The third kappa shape index (κ3) is 5.02. The molecule has 1 heterocycles. The van der Waals surface area contributed by atoms with Crippen molar-refractivity contribution in [3.05, 3.63) is 34.1 Å². The molecule has 1 saturated heterocycles. The zero-order valence-electron chi connectivity index (χ0n) is 12.5. The highest BCUT2D eigenvalue weighted by molar-refractivity contribution is 9.10. The van der Waals surface area contributed by atoms with Gasteiger partial charge in [0, 0.05) is 37.9 Å². The van der Waals surface area contributed by atoms with Gasteiger partial charge in [0.2, 0.25) is 0 Å². The standard InChI is InChI=1S/C16H23BrFNO2/c1-20-9-6-19-12-16(4-7-21-8-5-16)11-13-10-14(18)2-3-15(13)17/h2-3,10,19H,4-9,11-12H2,1H3. The number of ether oxygens (including phenoxy) is 2. The Morgan fingerprint density at radius 3 is 2.86 bits per heavy atom. The minimum Gasteiger partial charge on any atom is -0.383 e. The van der Waals surface area contributed by atoms with Gasteiger partial charge < -0.3 is 14.8 Å². The Balaban J connectivity index is 2.06. The fourth-order valence-corrected chi connectivity index (χ4v) is 3.22. The maximum atomic E-state index is 13.5. The molecule has 3 nitrogen and oxygen atoms in total. The van der Waals surface area contributed by atoms with Crippen LogP contribution in [-0.2, 0) is 15.9 Å². The Morgan fingerprint density at radius 2 is 2.14 bits per heavy atom. The van der Waals surface area contributed by atoms with Crippen molar-refractivity contribution in [2.45, 2.75) is 19.3 Å². The van der Waals surface area contributed by atoms with Gasteiger partial charge >= 0.3 is 0 Å². The van der Waals surface area contributed by atoms with E-state index in [1.165, 1.54) is 6.07 Å². The molecule has 1 aliphatic heterocycles. The van der Waals surface area contributed by atoms with E-state index in [9.17, 15) is 4.39 Å². The molecule has 1 aromatic rings. The van der Waals surface area contributed by atoms with Gasteiger partial charge in [0.15, 0.2) is 0 Å².